The van der Waals surface area contributed by atoms with Crippen LogP contribution in [-0.2, 0) is 18.9 Å². The first kappa shape index (κ1) is 23.9. The molecular weight excluding hydrogens is 398 g/mol. The summed E-state index contributed by atoms with van der Waals surface area (Å²) in [6.45, 7) is 1.82. The van der Waals surface area contributed by atoms with Gasteiger partial charge in [0.2, 0.25) is 0 Å². The molecule has 0 aromatic heterocycles. The van der Waals surface area contributed by atoms with Gasteiger partial charge in [-0.15, -0.1) is 0 Å². The van der Waals surface area contributed by atoms with Gasteiger partial charge in [0.25, 0.3) is 0 Å². The molecule has 0 spiro atoms. The Labute approximate surface area is 165 Å². The molecule has 2 fully saturated rings. The summed E-state index contributed by atoms with van der Waals surface area (Å²) in [5, 5.41) is 71.2. The number of amides is 1. The Kier molecular flexibility index (Phi) is 8.72. The van der Waals surface area contributed by atoms with E-state index in [0.29, 0.717) is 0 Å². The van der Waals surface area contributed by atoms with Crippen LogP contribution in [0.25, 0.3) is 0 Å². The molecule has 13 heteroatoms. The van der Waals surface area contributed by atoms with E-state index < -0.39 is 80.7 Å². The number of carbonyl (C=O) groups is 1. The topological polar surface area (TPSA) is 208 Å². The van der Waals surface area contributed by atoms with Gasteiger partial charge in [-0.3, -0.25) is 0 Å². The summed E-state index contributed by atoms with van der Waals surface area (Å²) in [7, 11) is 0. The van der Waals surface area contributed by atoms with Gasteiger partial charge in [0, 0.05) is 0 Å². The predicted octanol–water partition coefficient (Wildman–Crippen LogP) is -4.48. The van der Waals surface area contributed by atoms with E-state index >= 15 is 0 Å². The molecule has 29 heavy (non-hydrogen) atoms. The summed E-state index contributed by atoms with van der Waals surface area (Å²) in [6.07, 6.45) is -13.8. The fourth-order valence-corrected chi connectivity index (χ4v) is 3.05. The van der Waals surface area contributed by atoms with Crippen molar-refractivity contribution in [3.8, 4) is 0 Å². The Hall–Kier alpha value is -1.39. The molecule has 2 saturated heterocycles. The zero-order valence-electron chi connectivity index (χ0n) is 15.4. The molecule has 0 saturated carbocycles. The van der Waals surface area contributed by atoms with Gasteiger partial charge in [0.15, 0.2) is 12.6 Å². The second-order valence-corrected chi connectivity index (χ2v) is 6.59. The molecular formula is C16H27NO12. The van der Waals surface area contributed by atoms with Gasteiger partial charge in [-0.05, 0) is 0 Å². The Morgan fingerprint density at radius 3 is 2.21 bits per heavy atom. The summed E-state index contributed by atoms with van der Waals surface area (Å²) in [5.41, 5.74) is 0. The predicted molar refractivity (Wildman–Crippen MR) is 91.1 cm³/mol. The van der Waals surface area contributed by atoms with Gasteiger partial charge in [-0.1, -0.05) is 12.7 Å². The van der Waals surface area contributed by atoms with E-state index in [1.54, 1.807) is 0 Å². The minimum atomic E-state index is -1.77. The van der Waals surface area contributed by atoms with Gasteiger partial charge < -0.3 is 60.0 Å². The van der Waals surface area contributed by atoms with Crippen molar-refractivity contribution in [2.75, 3.05) is 19.8 Å². The fraction of sp³-hybridized carbons (Fsp3) is 0.812. The molecule has 13 nitrogen and oxygen atoms in total. The smallest absolute Gasteiger partial charge is 0.407 e. The van der Waals surface area contributed by atoms with Crippen LogP contribution >= 0.6 is 0 Å². The van der Waals surface area contributed by atoms with Crippen molar-refractivity contribution < 1.29 is 59.5 Å². The average molecular weight is 425 g/mol. The molecule has 0 radical (unpaired) electrons. The van der Waals surface area contributed by atoms with Crippen LogP contribution in [0, 0.1) is 0 Å². The Morgan fingerprint density at radius 1 is 0.966 bits per heavy atom. The van der Waals surface area contributed by atoms with Gasteiger partial charge in [-0.25, -0.2) is 4.79 Å². The van der Waals surface area contributed by atoms with Gasteiger partial charge in [0.1, 0.15) is 55.4 Å². The molecule has 2 rings (SSSR count). The van der Waals surface area contributed by atoms with E-state index in [1.807, 2.05) is 0 Å². The summed E-state index contributed by atoms with van der Waals surface area (Å²) in [6, 6.07) is -1.44. The highest BCUT2D eigenvalue weighted by Gasteiger charge is 2.50. The molecule has 2 aliphatic heterocycles. The van der Waals surface area contributed by atoms with Crippen molar-refractivity contribution in [2.45, 2.75) is 61.3 Å². The number of hydrogen-bond donors (Lipinski definition) is 8. The molecule has 2 aliphatic rings. The molecule has 0 aliphatic carbocycles. The zero-order chi connectivity index (χ0) is 21.7. The summed E-state index contributed by atoms with van der Waals surface area (Å²) >= 11 is 0. The summed E-state index contributed by atoms with van der Waals surface area (Å²) in [4.78, 5) is 11.7. The average Bonchev–Trinajstić information content (AvgIpc) is 2.71. The molecule has 1 amide bonds. The van der Waals surface area contributed by atoms with Crippen molar-refractivity contribution >= 4 is 6.09 Å². The molecule has 0 aromatic carbocycles. The second kappa shape index (κ2) is 10.6. The van der Waals surface area contributed by atoms with Crippen LogP contribution in [-0.4, -0.2) is 123 Å². The first-order valence-corrected chi connectivity index (χ1v) is 8.87. The van der Waals surface area contributed by atoms with Crippen LogP contribution in [0.4, 0.5) is 4.79 Å². The van der Waals surface area contributed by atoms with Crippen molar-refractivity contribution in [3.63, 3.8) is 0 Å². The minimum absolute atomic E-state index is 0.129. The zero-order valence-corrected chi connectivity index (χ0v) is 15.4. The van der Waals surface area contributed by atoms with Gasteiger partial charge in [-0.2, -0.15) is 0 Å². The molecule has 8 N–H and O–H groups in total. The Morgan fingerprint density at radius 2 is 1.62 bits per heavy atom. The Balaban J connectivity index is 2.13. The van der Waals surface area contributed by atoms with Crippen LogP contribution < -0.4 is 5.32 Å². The standard InChI is InChI=1S/C16H27NO12/c1-2-3-26-16(25)17-8-10(21)13(7(5-19)27-14(8)24)29-15-12(23)11(22)9(20)6(4-18)28-15/h2,6-15,18-24H,1,3-5H2,(H,17,25)/t6-,7-,8+,9-,10+,11-,12+,13+,14+,15-/m0/s1. The number of carbonyl (C=O) groups excluding carboxylic acids is 1. The van der Waals surface area contributed by atoms with Crippen LogP contribution in [0.3, 0.4) is 0 Å². The van der Waals surface area contributed by atoms with Crippen molar-refractivity contribution in [1.29, 1.82) is 0 Å². The van der Waals surface area contributed by atoms with E-state index in [0.717, 1.165) is 0 Å². The summed E-state index contributed by atoms with van der Waals surface area (Å²) < 4.78 is 20.5. The third-order valence-electron chi connectivity index (χ3n) is 4.63. The van der Waals surface area contributed by atoms with Crippen LogP contribution in [0.15, 0.2) is 12.7 Å². The molecule has 2 heterocycles. The van der Waals surface area contributed by atoms with Gasteiger partial charge >= 0.3 is 6.09 Å². The lowest BCUT2D eigenvalue weighted by Gasteiger charge is -2.46. The quantitative estimate of drug-likeness (QED) is 0.182. The highest BCUT2D eigenvalue weighted by molar-refractivity contribution is 5.67. The number of aliphatic hydroxyl groups excluding tert-OH is 7. The normalized spacial score (nSPS) is 42.9. The number of ether oxygens (including phenoxy) is 4. The monoisotopic (exact) mass is 425 g/mol. The molecule has 10 atom stereocenters. The number of rotatable bonds is 7. The largest absolute Gasteiger partial charge is 0.445 e. The SMILES string of the molecule is C=CCOC(=O)N[C@@H]1[C@@H](O)[C@H](O[C@@H]2O[C@@H](CO)[C@H](O)[C@H](O)[C@H]2O)[C@H](CO)O[C@H]1O. The van der Waals surface area contributed by atoms with E-state index in [-0.39, 0.29) is 6.61 Å². The second-order valence-electron chi connectivity index (χ2n) is 6.59. The van der Waals surface area contributed by atoms with Gasteiger partial charge in [0.05, 0.1) is 13.2 Å². The maximum absolute atomic E-state index is 11.7. The number of nitrogens with one attached hydrogen (secondary N) is 1. The highest BCUT2D eigenvalue weighted by Crippen LogP contribution is 2.28. The molecule has 0 bridgehead atoms. The fourth-order valence-electron chi connectivity index (χ4n) is 3.05. The van der Waals surface area contributed by atoms with Crippen molar-refractivity contribution in [1.82, 2.24) is 5.32 Å². The van der Waals surface area contributed by atoms with E-state index in [1.165, 1.54) is 6.08 Å². The first-order valence-electron chi connectivity index (χ1n) is 8.87. The van der Waals surface area contributed by atoms with Crippen LogP contribution in [0.1, 0.15) is 0 Å². The molecule has 0 unspecified atom stereocenters. The van der Waals surface area contributed by atoms with Crippen molar-refractivity contribution in [3.05, 3.63) is 12.7 Å². The Bertz CT molecular complexity index is 548. The summed E-state index contributed by atoms with van der Waals surface area (Å²) in [5.74, 6) is 0. The lowest BCUT2D eigenvalue weighted by atomic mass is 9.95. The molecule has 0 aromatic rings. The maximum Gasteiger partial charge on any atom is 0.407 e. The first-order chi connectivity index (χ1) is 13.7. The lowest BCUT2D eigenvalue weighted by molar-refractivity contribution is -0.345. The maximum atomic E-state index is 11.7. The number of hydrogen-bond acceptors (Lipinski definition) is 12. The third-order valence-corrected chi connectivity index (χ3v) is 4.63. The third kappa shape index (κ3) is 5.40. The minimum Gasteiger partial charge on any atom is -0.445 e. The highest BCUT2D eigenvalue weighted by atomic mass is 16.7. The van der Waals surface area contributed by atoms with E-state index in [4.69, 9.17) is 18.9 Å². The molecule has 168 valence electrons. The van der Waals surface area contributed by atoms with E-state index in [2.05, 4.69) is 11.9 Å². The van der Waals surface area contributed by atoms with Crippen LogP contribution in [0.2, 0.25) is 0 Å². The lowest BCUT2D eigenvalue weighted by Crippen LogP contribution is -2.67. The number of aliphatic hydroxyl groups is 7. The van der Waals surface area contributed by atoms with Crippen molar-refractivity contribution in [2.24, 2.45) is 0 Å². The number of alkyl carbamates (subject to hydrolysis) is 1. The van der Waals surface area contributed by atoms with Crippen LogP contribution in [0.5, 0.6) is 0 Å². The van der Waals surface area contributed by atoms with E-state index in [9.17, 15) is 40.5 Å².